The summed E-state index contributed by atoms with van der Waals surface area (Å²) in [6, 6.07) is 20.5. The van der Waals surface area contributed by atoms with E-state index in [4.69, 9.17) is 16.3 Å². The van der Waals surface area contributed by atoms with Gasteiger partial charge in [-0.15, -0.1) is 0 Å². The minimum atomic E-state index is -3.00. The van der Waals surface area contributed by atoms with Crippen LogP contribution in [-0.4, -0.2) is 29.9 Å². The van der Waals surface area contributed by atoms with E-state index in [1.54, 1.807) is 36.4 Å². The number of ether oxygens (including phenoxy) is 1. The third kappa shape index (κ3) is 5.08. The molecule has 0 saturated heterocycles. The Balaban J connectivity index is 1.70. The van der Waals surface area contributed by atoms with Gasteiger partial charge in [-0.05, 0) is 48.0 Å². The van der Waals surface area contributed by atoms with Crippen LogP contribution in [0.25, 0.3) is 0 Å². The summed E-state index contributed by atoms with van der Waals surface area (Å²) in [7, 11) is 0. The lowest BCUT2D eigenvalue weighted by Crippen LogP contribution is -2.30. The second kappa shape index (κ2) is 9.67. The van der Waals surface area contributed by atoms with E-state index in [0.717, 1.165) is 5.56 Å². The highest BCUT2D eigenvalue weighted by Crippen LogP contribution is 2.35. The fraction of sp³-hybridized carbons (Fsp3) is 0.130. The molecule has 0 bridgehead atoms. The topological polar surface area (TPSA) is 53.9 Å². The summed E-state index contributed by atoms with van der Waals surface area (Å²) >= 11 is 9.18. The number of rotatable bonds is 5. The van der Waals surface area contributed by atoms with E-state index in [1.165, 1.54) is 11.1 Å². The summed E-state index contributed by atoms with van der Waals surface area (Å²) in [5.74, 6) is -0.345. The zero-order valence-electron chi connectivity index (χ0n) is 16.5. The Hall–Kier alpha value is -2.97. The predicted octanol–water partition coefficient (Wildman–Crippen LogP) is 6.74. The average Bonchev–Trinajstić information content (AvgIpc) is 3.21. The van der Waals surface area contributed by atoms with Crippen LogP contribution in [0.3, 0.4) is 0 Å². The number of halogens is 4. The summed E-state index contributed by atoms with van der Waals surface area (Å²) in [5.41, 5.74) is 2.32. The maximum Gasteiger partial charge on any atom is 0.387 e. The highest BCUT2D eigenvalue weighted by atomic mass is 79.9. The molecule has 2 amide bonds. The first-order valence-electron chi connectivity index (χ1n) is 9.63. The van der Waals surface area contributed by atoms with Crippen LogP contribution < -0.4 is 10.1 Å². The van der Waals surface area contributed by atoms with Gasteiger partial charge in [-0.3, -0.25) is 0 Å². The van der Waals surface area contributed by atoms with Crippen molar-refractivity contribution in [1.29, 1.82) is 0 Å². The summed E-state index contributed by atoms with van der Waals surface area (Å²) in [6.45, 7) is -2.76. The van der Waals surface area contributed by atoms with E-state index in [9.17, 15) is 13.6 Å². The van der Waals surface area contributed by atoms with Crippen molar-refractivity contribution in [2.75, 3.05) is 11.9 Å². The number of benzene rings is 3. The molecule has 0 fully saturated rings. The lowest BCUT2D eigenvalue weighted by atomic mass is 9.90. The number of alkyl halides is 2. The van der Waals surface area contributed by atoms with Crippen molar-refractivity contribution in [2.45, 2.75) is 12.5 Å². The Bertz CT molecular complexity index is 1140. The standard InChI is InChI=1S/C23H17BrClF2N3O2/c24-15-6-11-18(20(12-15)32-22(26)27)21-19(14-4-2-1-3-5-14)13-30(29-21)23(31)28-17-9-7-16(25)8-10-17/h1-12,19,22H,13H2,(H,28,31). The Labute approximate surface area is 196 Å². The molecule has 0 aromatic heterocycles. The van der Waals surface area contributed by atoms with Crippen molar-refractivity contribution in [2.24, 2.45) is 5.10 Å². The molecule has 0 spiro atoms. The van der Waals surface area contributed by atoms with E-state index in [2.05, 4.69) is 26.3 Å². The third-order valence-electron chi connectivity index (χ3n) is 4.88. The number of nitrogens with zero attached hydrogens (tertiary/aromatic N) is 2. The molecule has 32 heavy (non-hydrogen) atoms. The number of anilines is 1. The van der Waals surface area contributed by atoms with Crippen LogP contribution in [0.1, 0.15) is 17.0 Å². The van der Waals surface area contributed by atoms with E-state index in [1.807, 2.05) is 30.3 Å². The molecule has 1 heterocycles. The van der Waals surface area contributed by atoms with Crippen LogP contribution in [0, 0.1) is 0 Å². The van der Waals surface area contributed by atoms with Gasteiger partial charge in [0.15, 0.2) is 0 Å². The quantitative estimate of drug-likeness (QED) is 0.405. The van der Waals surface area contributed by atoms with Crippen molar-refractivity contribution in [3.8, 4) is 5.75 Å². The maximum atomic E-state index is 13.1. The number of carbonyl (C=O) groups is 1. The molecule has 5 nitrogen and oxygen atoms in total. The third-order valence-corrected chi connectivity index (χ3v) is 5.63. The molecule has 3 aromatic carbocycles. The fourth-order valence-corrected chi connectivity index (χ4v) is 3.91. The van der Waals surface area contributed by atoms with E-state index < -0.39 is 12.6 Å². The lowest BCUT2D eigenvalue weighted by Gasteiger charge is -2.17. The van der Waals surface area contributed by atoms with Crippen molar-refractivity contribution in [1.82, 2.24) is 5.01 Å². The van der Waals surface area contributed by atoms with Gasteiger partial charge in [-0.2, -0.15) is 13.9 Å². The summed E-state index contributed by atoms with van der Waals surface area (Å²) in [6.07, 6.45) is 0. The molecule has 1 aliphatic rings. The normalized spacial score (nSPS) is 15.6. The smallest absolute Gasteiger partial charge is 0.387 e. The zero-order valence-corrected chi connectivity index (χ0v) is 18.9. The summed E-state index contributed by atoms with van der Waals surface area (Å²) in [4.78, 5) is 12.9. The van der Waals surface area contributed by atoms with Crippen molar-refractivity contribution in [3.63, 3.8) is 0 Å². The molecular formula is C23H17BrClF2N3O2. The molecule has 1 aliphatic heterocycles. The molecule has 1 N–H and O–H groups in total. The average molecular weight is 521 g/mol. The second-order valence-electron chi connectivity index (χ2n) is 6.99. The van der Waals surface area contributed by atoms with Gasteiger partial charge >= 0.3 is 12.6 Å². The fourth-order valence-electron chi connectivity index (χ4n) is 3.44. The van der Waals surface area contributed by atoms with Gasteiger partial charge in [0.25, 0.3) is 0 Å². The first-order valence-corrected chi connectivity index (χ1v) is 10.8. The largest absolute Gasteiger partial charge is 0.434 e. The Morgan fingerprint density at radius 1 is 1.12 bits per heavy atom. The maximum absolute atomic E-state index is 13.1. The number of hydrazone groups is 1. The Morgan fingerprint density at radius 3 is 2.53 bits per heavy atom. The van der Waals surface area contributed by atoms with Gasteiger partial charge in [-0.25, -0.2) is 9.80 Å². The molecule has 3 aromatic rings. The number of urea groups is 1. The van der Waals surface area contributed by atoms with Gasteiger partial charge in [-0.1, -0.05) is 57.9 Å². The van der Waals surface area contributed by atoms with Gasteiger partial charge in [0.1, 0.15) is 5.75 Å². The van der Waals surface area contributed by atoms with E-state index >= 15 is 0 Å². The highest BCUT2D eigenvalue weighted by Gasteiger charge is 2.34. The first-order chi connectivity index (χ1) is 15.4. The molecule has 0 radical (unpaired) electrons. The molecule has 0 aliphatic carbocycles. The molecule has 0 saturated carbocycles. The monoisotopic (exact) mass is 519 g/mol. The first kappa shape index (κ1) is 22.2. The van der Waals surface area contributed by atoms with Crippen LogP contribution in [0.15, 0.2) is 82.4 Å². The van der Waals surface area contributed by atoms with Crippen molar-refractivity contribution in [3.05, 3.63) is 93.4 Å². The number of hydrogen-bond donors (Lipinski definition) is 1. The summed E-state index contributed by atoms with van der Waals surface area (Å²) < 4.78 is 31.4. The molecule has 1 unspecified atom stereocenters. The van der Waals surface area contributed by atoms with Gasteiger partial charge in [0.2, 0.25) is 0 Å². The van der Waals surface area contributed by atoms with Crippen LogP contribution in [0.2, 0.25) is 5.02 Å². The number of carbonyl (C=O) groups excluding carboxylic acids is 1. The Kier molecular flexibility index (Phi) is 6.72. The molecule has 1 atom stereocenters. The molecule has 9 heteroatoms. The van der Waals surface area contributed by atoms with E-state index in [0.29, 0.717) is 26.5 Å². The Morgan fingerprint density at radius 2 is 1.84 bits per heavy atom. The number of amides is 2. The number of hydrogen-bond acceptors (Lipinski definition) is 3. The summed E-state index contributed by atoms with van der Waals surface area (Å²) in [5, 5.41) is 9.11. The van der Waals surface area contributed by atoms with E-state index in [-0.39, 0.29) is 18.2 Å². The predicted molar refractivity (Wildman–Crippen MR) is 124 cm³/mol. The SMILES string of the molecule is O=C(Nc1ccc(Cl)cc1)N1CC(c2ccccc2)C(c2ccc(Br)cc2OC(F)F)=N1. The molecule has 164 valence electrons. The zero-order chi connectivity index (χ0) is 22.7. The van der Waals surface area contributed by atoms with Crippen LogP contribution in [0.4, 0.5) is 19.3 Å². The molecule has 4 rings (SSSR count). The van der Waals surface area contributed by atoms with Crippen molar-refractivity contribution >= 4 is 45.0 Å². The number of nitrogens with one attached hydrogen (secondary N) is 1. The van der Waals surface area contributed by atoms with Crippen LogP contribution >= 0.6 is 27.5 Å². The molecular weight excluding hydrogens is 504 g/mol. The van der Waals surface area contributed by atoms with Gasteiger partial charge in [0.05, 0.1) is 12.3 Å². The van der Waals surface area contributed by atoms with Gasteiger partial charge < -0.3 is 10.1 Å². The van der Waals surface area contributed by atoms with Gasteiger partial charge in [0, 0.05) is 26.7 Å². The lowest BCUT2D eigenvalue weighted by molar-refractivity contribution is -0.0500. The second-order valence-corrected chi connectivity index (χ2v) is 8.34. The highest BCUT2D eigenvalue weighted by molar-refractivity contribution is 9.10. The van der Waals surface area contributed by atoms with Crippen LogP contribution in [0.5, 0.6) is 5.75 Å². The minimum absolute atomic E-state index is 0.0194. The van der Waals surface area contributed by atoms with Crippen molar-refractivity contribution < 1.29 is 18.3 Å². The van der Waals surface area contributed by atoms with Crippen LogP contribution in [-0.2, 0) is 0 Å². The minimum Gasteiger partial charge on any atom is -0.434 e.